The molecule has 1 unspecified atom stereocenters. The first-order chi connectivity index (χ1) is 15.9. The van der Waals surface area contributed by atoms with Gasteiger partial charge in [-0.25, -0.2) is 0 Å². The summed E-state index contributed by atoms with van der Waals surface area (Å²) >= 11 is 6.00. The number of carbonyl (C=O) groups excluding carboxylic acids is 3. The van der Waals surface area contributed by atoms with Crippen LogP contribution >= 0.6 is 11.6 Å². The number of amides is 3. The molecule has 0 radical (unpaired) electrons. The summed E-state index contributed by atoms with van der Waals surface area (Å²) in [5, 5.41) is 4.81. The highest BCUT2D eigenvalue weighted by Gasteiger charge is 2.38. The standard InChI is InChI=1S/C25H22ClN3O4/c1-3-14(2)29-24(31)18-9-6-16(12-19(18)25(29)32)23(30)28-11-10-21-20(13-28)22(33-27-21)15-4-7-17(26)8-5-15/h4-9,12,14H,3,10-11,13H2,1-2H3. The first-order valence-corrected chi connectivity index (χ1v) is 11.3. The van der Waals surface area contributed by atoms with E-state index in [-0.39, 0.29) is 29.3 Å². The predicted molar refractivity (Wildman–Crippen MR) is 122 cm³/mol. The summed E-state index contributed by atoms with van der Waals surface area (Å²) in [6.45, 7) is 4.60. The van der Waals surface area contributed by atoms with Crippen molar-refractivity contribution < 1.29 is 18.9 Å². The Kier molecular flexibility index (Phi) is 5.29. The molecule has 0 spiro atoms. The van der Waals surface area contributed by atoms with Crippen LogP contribution in [0.2, 0.25) is 5.02 Å². The molecule has 7 nitrogen and oxygen atoms in total. The molecule has 1 aromatic heterocycles. The summed E-state index contributed by atoms with van der Waals surface area (Å²) in [5.74, 6) is -0.223. The van der Waals surface area contributed by atoms with Crippen LogP contribution in [0.15, 0.2) is 47.0 Å². The van der Waals surface area contributed by atoms with E-state index in [2.05, 4.69) is 5.16 Å². The normalized spacial score (nSPS) is 16.1. The van der Waals surface area contributed by atoms with Gasteiger partial charge in [0.2, 0.25) is 0 Å². The largest absolute Gasteiger partial charge is 0.356 e. The predicted octanol–water partition coefficient (Wildman–Crippen LogP) is 4.59. The Bertz CT molecular complexity index is 1280. The highest BCUT2D eigenvalue weighted by molar-refractivity contribution is 6.30. The molecule has 2 aliphatic heterocycles. The molecule has 3 aromatic rings. The number of rotatable bonds is 4. The van der Waals surface area contributed by atoms with Crippen molar-refractivity contribution in [2.45, 2.75) is 39.3 Å². The molecule has 0 aliphatic carbocycles. The number of fused-ring (bicyclic) bond motifs is 2. The molecule has 0 saturated heterocycles. The monoisotopic (exact) mass is 463 g/mol. The van der Waals surface area contributed by atoms with Gasteiger partial charge in [0, 0.05) is 40.7 Å². The van der Waals surface area contributed by atoms with Crippen LogP contribution in [0.25, 0.3) is 11.3 Å². The van der Waals surface area contributed by atoms with Gasteiger partial charge in [0.25, 0.3) is 17.7 Å². The molecule has 0 fully saturated rings. The van der Waals surface area contributed by atoms with Gasteiger partial charge in [-0.05, 0) is 55.8 Å². The van der Waals surface area contributed by atoms with Crippen LogP contribution in [0.4, 0.5) is 0 Å². The topological polar surface area (TPSA) is 83.7 Å². The first kappa shape index (κ1) is 21.4. The molecule has 8 heteroatoms. The lowest BCUT2D eigenvalue weighted by Gasteiger charge is -2.26. The zero-order valence-corrected chi connectivity index (χ0v) is 19.1. The van der Waals surface area contributed by atoms with Crippen molar-refractivity contribution >= 4 is 29.3 Å². The fourth-order valence-electron chi connectivity index (χ4n) is 4.37. The molecule has 2 aromatic carbocycles. The molecule has 5 rings (SSSR count). The van der Waals surface area contributed by atoms with Gasteiger partial charge in [-0.3, -0.25) is 19.3 Å². The molecule has 0 saturated carbocycles. The van der Waals surface area contributed by atoms with Gasteiger partial charge in [-0.1, -0.05) is 23.7 Å². The van der Waals surface area contributed by atoms with E-state index in [9.17, 15) is 14.4 Å². The van der Waals surface area contributed by atoms with Crippen LogP contribution in [0, 0.1) is 0 Å². The summed E-state index contributed by atoms with van der Waals surface area (Å²) < 4.78 is 5.59. The number of imide groups is 1. The summed E-state index contributed by atoms with van der Waals surface area (Å²) in [7, 11) is 0. The van der Waals surface area contributed by atoms with Gasteiger partial charge in [0.15, 0.2) is 5.76 Å². The lowest BCUT2D eigenvalue weighted by Crippen LogP contribution is -2.37. The third-order valence-electron chi connectivity index (χ3n) is 6.43. The molecule has 3 heterocycles. The van der Waals surface area contributed by atoms with Gasteiger partial charge in [0.05, 0.1) is 23.4 Å². The minimum atomic E-state index is -0.344. The third kappa shape index (κ3) is 3.53. The van der Waals surface area contributed by atoms with Crippen molar-refractivity contribution in [3.8, 4) is 11.3 Å². The van der Waals surface area contributed by atoms with Crippen LogP contribution in [0.3, 0.4) is 0 Å². The second-order valence-electron chi connectivity index (χ2n) is 8.42. The maximum atomic E-state index is 13.3. The number of halogens is 1. The molecule has 168 valence electrons. The summed E-state index contributed by atoms with van der Waals surface area (Å²) in [5.41, 5.74) is 3.57. The summed E-state index contributed by atoms with van der Waals surface area (Å²) in [6, 6.07) is 11.8. The molecule has 2 aliphatic rings. The second kappa shape index (κ2) is 8.15. The Morgan fingerprint density at radius 3 is 2.58 bits per heavy atom. The number of aromatic nitrogens is 1. The van der Waals surface area contributed by atoms with Crippen molar-refractivity contribution in [1.29, 1.82) is 0 Å². The maximum Gasteiger partial charge on any atom is 0.261 e. The van der Waals surface area contributed by atoms with Crippen molar-refractivity contribution in [2.75, 3.05) is 6.54 Å². The summed E-state index contributed by atoms with van der Waals surface area (Å²) in [6.07, 6.45) is 1.24. The quantitative estimate of drug-likeness (QED) is 0.528. The fraction of sp³-hybridized carbons (Fsp3) is 0.280. The minimum Gasteiger partial charge on any atom is -0.356 e. The van der Waals surface area contributed by atoms with Crippen LogP contribution < -0.4 is 0 Å². The highest BCUT2D eigenvalue weighted by Crippen LogP contribution is 2.32. The lowest BCUT2D eigenvalue weighted by atomic mass is 10.00. The Morgan fingerprint density at radius 2 is 1.85 bits per heavy atom. The van der Waals surface area contributed by atoms with Crippen molar-refractivity contribution in [3.05, 3.63) is 75.4 Å². The van der Waals surface area contributed by atoms with Crippen LogP contribution in [-0.4, -0.2) is 45.3 Å². The van der Waals surface area contributed by atoms with Gasteiger partial charge in [-0.15, -0.1) is 0 Å². The number of nitrogens with zero attached hydrogens (tertiary/aromatic N) is 3. The molecule has 0 N–H and O–H groups in total. The average Bonchev–Trinajstić information content (AvgIpc) is 3.36. The molecular weight excluding hydrogens is 442 g/mol. The van der Waals surface area contributed by atoms with Crippen LogP contribution in [0.5, 0.6) is 0 Å². The van der Waals surface area contributed by atoms with Gasteiger partial charge in [-0.2, -0.15) is 0 Å². The molecule has 1 atom stereocenters. The van der Waals surface area contributed by atoms with E-state index in [4.69, 9.17) is 16.1 Å². The molecule has 33 heavy (non-hydrogen) atoms. The summed E-state index contributed by atoms with van der Waals surface area (Å²) in [4.78, 5) is 41.9. The van der Waals surface area contributed by atoms with Gasteiger partial charge in [0.1, 0.15) is 0 Å². The molecular formula is C25H22ClN3O4. The number of benzene rings is 2. The van der Waals surface area contributed by atoms with E-state index in [1.807, 2.05) is 26.0 Å². The number of hydrogen-bond donors (Lipinski definition) is 0. The third-order valence-corrected chi connectivity index (χ3v) is 6.68. The second-order valence-corrected chi connectivity index (χ2v) is 8.85. The molecule has 0 bridgehead atoms. The van der Waals surface area contributed by atoms with Gasteiger partial charge >= 0.3 is 0 Å². The van der Waals surface area contributed by atoms with Crippen LogP contribution in [-0.2, 0) is 13.0 Å². The SMILES string of the molecule is CCC(C)N1C(=O)c2ccc(C(=O)N3CCc4noc(-c5ccc(Cl)cc5)c4C3)cc2C1=O. The van der Waals surface area contributed by atoms with E-state index in [1.54, 1.807) is 35.2 Å². The average molecular weight is 464 g/mol. The fourth-order valence-corrected chi connectivity index (χ4v) is 4.50. The van der Waals surface area contributed by atoms with Crippen molar-refractivity contribution in [1.82, 2.24) is 15.0 Å². The number of carbonyl (C=O) groups is 3. The Labute approximate surface area is 195 Å². The molecule has 3 amide bonds. The smallest absolute Gasteiger partial charge is 0.261 e. The van der Waals surface area contributed by atoms with Crippen molar-refractivity contribution in [3.63, 3.8) is 0 Å². The number of hydrogen-bond acceptors (Lipinski definition) is 5. The zero-order chi connectivity index (χ0) is 23.3. The van der Waals surface area contributed by atoms with Crippen molar-refractivity contribution in [2.24, 2.45) is 0 Å². The first-order valence-electron chi connectivity index (χ1n) is 10.9. The Hall–Kier alpha value is -3.45. The lowest BCUT2D eigenvalue weighted by molar-refractivity contribution is 0.0593. The van der Waals surface area contributed by atoms with E-state index < -0.39 is 0 Å². The highest BCUT2D eigenvalue weighted by atomic mass is 35.5. The van der Waals surface area contributed by atoms with E-state index in [1.165, 1.54) is 4.90 Å². The van der Waals surface area contributed by atoms with E-state index in [0.29, 0.717) is 47.8 Å². The Balaban J connectivity index is 1.41. The minimum absolute atomic E-state index is 0.197. The maximum absolute atomic E-state index is 13.3. The Morgan fingerprint density at radius 1 is 1.12 bits per heavy atom. The van der Waals surface area contributed by atoms with E-state index >= 15 is 0 Å². The van der Waals surface area contributed by atoms with Crippen LogP contribution in [0.1, 0.15) is 62.6 Å². The van der Waals surface area contributed by atoms with E-state index in [0.717, 1.165) is 16.8 Å². The zero-order valence-electron chi connectivity index (χ0n) is 18.3. The van der Waals surface area contributed by atoms with Gasteiger partial charge < -0.3 is 9.42 Å².